The summed E-state index contributed by atoms with van der Waals surface area (Å²) in [4.78, 5) is 10.8. The SMILES string of the molecule is CC(C)(C)C(CCCSCC1CCC(F)(F)CC1)NC(=O)O. The number of hydrogen-bond donors (Lipinski definition) is 2. The van der Waals surface area contributed by atoms with Crippen molar-refractivity contribution in [1.29, 1.82) is 0 Å². The van der Waals surface area contributed by atoms with Crippen molar-refractivity contribution in [3.05, 3.63) is 0 Å². The molecule has 1 rings (SSSR count). The normalized spacial score (nSPS) is 20.6. The van der Waals surface area contributed by atoms with Gasteiger partial charge in [0.1, 0.15) is 0 Å². The van der Waals surface area contributed by atoms with Gasteiger partial charge < -0.3 is 10.4 Å². The minimum Gasteiger partial charge on any atom is -0.465 e. The Bertz CT molecular complexity index is 349. The lowest BCUT2D eigenvalue weighted by Gasteiger charge is -2.30. The summed E-state index contributed by atoms with van der Waals surface area (Å²) >= 11 is 1.81. The number of hydrogen-bond acceptors (Lipinski definition) is 2. The Morgan fingerprint density at radius 2 is 1.95 bits per heavy atom. The van der Waals surface area contributed by atoms with Crippen LogP contribution in [-0.2, 0) is 0 Å². The van der Waals surface area contributed by atoms with Gasteiger partial charge in [-0.15, -0.1) is 0 Å². The van der Waals surface area contributed by atoms with Crippen molar-refractivity contribution < 1.29 is 18.7 Å². The fraction of sp³-hybridized carbons (Fsp3) is 0.938. The molecule has 0 radical (unpaired) electrons. The zero-order valence-electron chi connectivity index (χ0n) is 13.8. The monoisotopic (exact) mass is 337 g/mol. The molecule has 1 atom stereocenters. The molecule has 6 heteroatoms. The molecule has 0 spiro atoms. The summed E-state index contributed by atoms with van der Waals surface area (Å²) in [5.74, 6) is -0.118. The Kier molecular flexibility index (Phi) is 7.42. The molecule has 1 saturated carbocycles. The van der Waals surface area contributed by atoms with E-state index in [1.165, 1.54) is 0 Å². The summed E-state index contributed by atoms with van der Waals surface area (Å²) in [6, 6.07) is -0.0565. The quantitative estimate of drug-likeness (QED) is 0.642. The summed E-state index contributed by atoms with van der Waals surface area (Å²) < 4.78 is 26.1. The van der Waals surface area contributed by atoms with Crippen LogP contribution >= 0.6 is 11.8 Å². The highest BCUT2D eigenvalue weighted by molar-refractivity contribution is 7.99. The Morgan fingerprint density at radius 3 is 2.45 bits per heavy atom. The van der Waals surface area contributed by atoms with Crippen LogP contribution in [0.3, 0.4) is 0 Å². The molecule has 1 unspecified atom stereocenters. The maximum atomic E-state index is 13.1. The first-order valence-corrected chi connectivity index (χ1v) is 9.21. The Balaban J connectivity index is 2.17. The van der Waals surface area contributed by atoms with Crippen LogP contribution in [0.4, 0.5) is 13.6 Å². The number of alkyl halides is 2. The highest BCUT2D eigenvalue weighted by Crippen LogP contribution is 2.37. The summed E-state index contributed by atoms with van der Waals surface area (Å²) in [6.45, 7) is 6.09. The van der Waals surface area contributed by atoms with Crippen molar-refractivity contribution >= 4 is 17.9 Å². The van der Waals surface area contributed by atoms with Gasteiger partial charge in [0.05, 0.1) is 0 Å². The molecule has 0 aromatic heterocycles. The molecule has 3 nitrogen and oxygen atoms in total. The first-order valence-electron chi connectivity index (χ1n) is 8.05. The molecule has 1 amide bonds. The molecule has 0 aliphatic heterocycles. The molecule has 2 N–H and O–H groups in total. The van der Waals surface area contributed by atoms with Crippen LogP contribution in [-0.4, -0.2) is 34.7 Å². The second kappa shape index (κ2) is 8.37. The van der Waals surface area contributed by atoms with Gasteiger partial charge >= 0.3 is 6.09 Å². The third kappa shape index (κ3) is 7.65. The van der Waals surface area contributed by atoms with Gasteiger partial charge in [-0.25, -0.2) is 13.6 Å². The van der Waals surface area contributed by atoms with E-state index in [4.69, 9.17) is 5.11 Å². The molecule has 0 bridgehead atoms. The molecule has 0 heterocycles. The van der Waals surface area contributed by atoms with E-state index in [1.54, 1.807) is 0 Å². The van der Waals surface area contributed by atoms with Crippen LogP contribution < -0.4 is 5.32 Å². The topological polar surface area (TPSA) is 49.3 Å². The molecular weight excluding hydrogens is 308 g/mol. The Hall–Kier alpha value is -0.520. The average Bonchev–Trinajstić information content (AvgIpc) is 2.37. The molecule has 1 fully saturated rings. The van der Waals surface area contributed by atoms with Crippen LogP contribution in [0, 0.1) is 11.3 Å². The number of carboxylic acid groups (broad SMARTS) is 1. The number of halogens is 2. The summed E-state index contributed by atoms with van der Waals surface area (Å²) in [6.07, 6.45) is 2.10. The third-order valence-electron chi connectivity index (χ3n) is 4.31. The van der Waals surface area contributed by atoms with E-state index in [1.807, 2.05) is 32.5 Å². The zero-order valence-corrected chi connectivity index (χ0v) is 14.6. The second-order valence-electron chi connectivity index (χ2n) is 7.38. The van der Waals surface area contributed by atoms with Gasteiger partial charge in [-0.3, -0.25) is 0 Å². The van der Waals surface area contributed by atoms with E-state index in [0.717, 1.165) is 24.3 Å². The van der Waals surface area contributed by atoms with E-state index in [0.29, 0.717) is 18.8 Å². The molecule has 0 aromatic carbocycles. The van der Waals surface area contributed by atoms with E-state index in [2.05, 4.69) is 5.32 Å². The van der Waals surface area contributed by atoms with Gasteiger partial charge in [-0.1, -0.05) is 20.8 Å². The fourth-order valence-corrected chi connectivity index (χ4v) is 3.98. The van der Waals surface area contributed by atoms with Crippen molar-refractivity contribution in [2.75, 3.05) is 11.5 Å². The lowest BCUT2D eigenvalue weighted by Crippen LogP contribution is -2.43. The van der Waals surface area contributed by atoms with E-state index in [-0.39, 0.29) is 24.3 Å². The van der Waals surface area contributed by atoms with Crippen molar-refractivity contribution in [2.45, 2.75) is 71.3 Å². The fourth-order valence-electron chi connectivity index (χ4n) is 2.78. The van der Waals surface area contributed by atoms with Gasteiger partial charge in [-0.2, -0.15) is 11.8 Å². The summed E-state index contributed by atoms with van der Waals surface area (Å²) in [5, 5.41) is 11.5. The predicted molar refractivity (Wildman–Crippen MR) is 87.9 cm³/mol. The van der Waals surface area contributed by atoms with Gasteiger partial charge in [0.2, 0.25) is 5.92 Å². The van der Waals surface area contributed by atoms with Crippen LogP contribution in [0.2, 0.25) is 0 Å². The van der Waals surface area contributed by atoms with Crippen molar-refractivity contribution in [1.82, 2.24) is 5.32 Å². The molecule has 1 aliphatic rings. The predicted octanol–water partition coefficient (Wildman–Crippen LogP) is 5.01. The van der Waals surface area contributed by atoms with Crippen LogP contribution in [0.15, 0.2) is 0 Å². The molecular formula is C16H29F2NO2S. The van der Waals surface area contributed by atoms with Gasteiger partial charge in [-0.05, 0) is 48.5 Å². The molecule has 1 aliphatic carbocycles. The van der Waals surface area contributed by atoms with Crippen molar-refractivity contribution in [2.24, 2.45) is 11.3 Å². The summed E-state index contributed by atoms with van der Waals surface area (Å²) in [5.41, 5.74) is -0.0992. The van der Waals surface area contributed by atoms with Crippen molar-refractivity contribution in [3.8, 4) is 0 Å². The maximum Gasteiger partial charge on any atom is 0.404 e. The van der Waals surface area contributed by atoms with Crippen LogP contribution in [0.25, 0.3) is 0 Å². The maximum absolute atomic E-state index is 13.1. The van der Waals surface area contributed by atoms with Gasteiger partial charge in [0.25, 0.3) is 0 Å². The standard InChI is InChI=1S/C16H29F2NO2S/c1-15(2,3)13(19-14(20)21)5-4-10-22-11-12-6-8-16(17,18)9-7-12/h12-13,19H,4-11H2,1-3H3,(H,20,21). The third-order valence-corrected chi connectivity index (χ3v) is 5.60. The zero-order chi connectivity index (χ0) is 16.8. The van der Waals surface area contributed by atoms with Crippen LogP contribution in [0.1, 0.15) is 59.3 Å². The lowest BCUT2D eigenvalue weighted by molar-refractivity contribution is -0.0433. The Morgan fingerprint density at radius 1 is 1.36 bits per heavy atom. The van der Waals surface area contributed by atoms with E-state index in [9.17, 15) is 13.6 Å². The molecule has 0 saturated heterocycles. The number of thioether (sulfide) groups is 1. The summed E-state index contributed by atoms with van der Waals surface area (Å²) in [7, 11) is 0. The second-order valence-corrected chi connectivity index (χ2v) is 8.53. The minimum atomic E-state index is -2.44. The van der Waals surface area contributed by atoms with Crippen LogP contribution in [0.5, 0.6) is 0 Å². The average molecular weight is 337 g/mol. The molecule has 130 valence electrons. The Labute approximate surface area is 136 Å². The van der Waals surface area contributed by atoms with Gasteiger partial charge in [0, 0.05) is 18.9 Å². The number of amides is 1. The lowest BCUT2D eigenvalue weighted by atomic mass is 9.84. The minimum absolute atomic E-state index is 0.0346. The van der Waals surface area contributed by atoms with Gasteiger partial charge in [0.15, 0.2) is 0 Å². The number of nitrogens with one attached hydrogen (secondary N) is 1. The molecule has 0 aromatic rings. The number of rotatable bonds is 7. The van der Waals surface area contributed by atoms with E-state index >= 15 is 0 Å². The first-order chi connectivity index (χ1) is 10.1. The first kappa shape index (κ1) is 19.5. The largest absolute Gasteiger partial charge is 0.465 e. The highest BCUT2D eigenvalue weighted by atomic mass is 32.2. The number of carbonyl (C=O) groups is 1. The molecule has 22 heavy (non-hydrogen) atoms. The van der Waals surface area contributed by atoms with Crippen molar-refractivity contribution in [3.63, 3.8) is 0 Å². The smallest absolute Gasteiger partial charge is 0.404 e. The highest BCUT2D eigenvalue weighted by Gasteiger charge is 2.34. The van der Waals surface area contributed by atoms with E-state index < -0.39 is 12.0 Å².